The van der Waals surface area contributed by atoms with Gasteiger partial charge in [-0.15, -0.1) is 0 Å². The van der Waals surface area contributed by atoms with Crippen molar-refractivity contribution in [2.75, 3.05) is 26.2 Å². The van der Waals surface area contributed by atoms with E-state index in [2.05, 4.69) is 39.8 Å². The van der Waals surface area contributed by atoms with E-state index in [1.165, 1.54) is 18.4 Å². The van der Waals surface area contributed by atoms with Gasteiger partial charge < -0.3 is 15.5 Å². The fourth-order valence-electron chi connectivity index (χ4n) is 4.57. The third-order valence-corrected chi connectivity index (χ3v) is 6.18. The molecule has 3 atom stereocenters. The monoisotopic (exact) mass is 370 g/mol. The average Bonchev–Trinajstić information content (AvgIpc) is 2.70. The largest absolute Gasteiger partial charge is 0.350 e. The van der Waals surface area contributed by atoms with E-state index in [4.69, 9.17) is 0 Å². The molecule has 1 aromatic rings. The topological polar surface area (TPSA) is 64.7 Å². The van der Waals surface area contributed by atoms with Gasteiger partial charge in [0, 0.05) is 44.8 Å². The maximum absolute atomic E-state index is 12.7. The highest BCUT2D eigenvalue weighted by molar-refractivity contribution is 5.89. The lowest BCUT2D eigenvalue weighted by atomic mass is 9.87. The van der Waals surface area contributed by atoms with Crippen LogP contribution in [0.2, 0.25) is 0 Å². The number of benzene rings is 1. The summed E-state index contributed by atoms with van der Waals surface area (Å²) < 4.78 is 0. The van der Waals surface area contributed by atoms with Gasteiger partial charge in [-0.25, -0.2) is 0 Å². The smallest absolute Gasteiger partial charge is 0.237 e. The van der Waals surface area contributed by atoms with Crippen molar-refractivity contribution in [1.82, 2.24) is 20.4 Å². The number of carbonyl (C=O) groups is 2. The van der Waals surface area contributed by atoms with Gasteiger partial charge in [-0.05, 0) is 18.4 Å². The maximum atomic E-state index is 12.7. The van der Waals surface area contributed by atoms with Gasteiger partial charge in [0.2, 0.25) is 11.8 Å². The van der Waals surface area contributed by atoms with Crippen LogP contribution in [0, 0.1) is 0 Å². The first kappa shape index (κ1) is 18.4. The van der Waals surface area contributed by atoms with Gasteiger partial charge in [-0.3, -0.25) is 14.5 Å². The summed E-state index contributed by atoms with van der Waals surface area (Å²) in [5, 5.41) is 6.58. The molecule has 6 heteroatoms. The molecule has 3 fully saturated rings. The predicted molar refractivity (Wildman–Crippen MR) is 104 cm³/mol. The Labute approximate surface area is 161 Å². The minimum atomic E-state index is -0.376. The van der Waals surface area contributed by atoms with Crippen LogP contribution in [0.4, 0.5) is 0 Å². The van der Waals surface area contributed by atoms with Crippen LogP contribution in [-0.2, 0) is 16.1 Å². The minimum absolute atomic E-state index is 0.00536. The molecule has 2 heterocycles. The van der Waals surface area contributed by atoms with E-state index < -0.39 is 0 Å². The van der Waals surface area contributed by atoms with Gasteiger partial charge in [0.15, 0.2) is 0 Å². The molecule has 3 aliphatic rings. The lowest BCUT2D eigenvalue weighted by Gasteiger charge is -2.41. The third-order valence-electron chi connectivity index (χ3n) is 6.18. The highest BCUT2D eigenvalue weighted by Crippen LogP contribution is 2.22. The summed E-state index contributed by atoms with van der Waals surface area (Å²) in [5.41, 5.74) is 1.31. The molecule has 146 valence electrons. The molecule has 0 aromatic heterocycles. The number of carbonyl (C=O) groups excluding carboxylic acids is 2. The lowest BCUT2D eigenvalue weighted by Crippen LogP contribution is -2.65. The summed E-state index contributed by atoms with van der Waals surface area (Å²) >= 11 is 0. The van der Waals surface area contributed by atoms with Crippen molar-refractivity contribution in [3.05, 3.63) is 35.9 Å². The van der Waals surface area contributed by atoms with Gasteiger partial charge in [0.1, 0.15) is 0 Å². The number of hydrogen-bond donors (Lipinski definition) is 2. The Bertz CT molecular complexity index is 657. The number of rotatable bonds is 4. The van der Waals surface area contributed by atoms with Crippen LogP contribution in [0.25, 0.3) is 0 Å². The number of hydrogen-bond acceptors (Lipinski definition) is 4. The van der Waals surface area contributed by atoms with Gasteiger partial charge in [0.25, 0.3) is 0 Å². The highest BCUT2D eigenvalue weighted by Gasteiger charge is 2.37. The SMILES string of the molecule is O=C1N[C@@H]2CCCC[C@H]2N[C@H]1CC(=O)N1CCN(Cc2ccccc2)CC1. The molecule has 2 aliphatic heterocycles. The number of nitrogens with one attached hydrogen (secondary N) is 2. The predicted octanol–water partition coefficient (Wildman–Crippen LogP) is 1.12. The molecule has 0 radical (unpaired) electrons. The van der Waals surface area contributed by atoms with Gasteiger partial charge in [-0.2, -0.15) is 0 Å². The second kappa shape index (κ2) is 8.40. The molecule has 1 aliphatic carbocycles. The minimum Gasteiger partial charge on any atom is -0.350 e. The second-order valence-corrected chi connectivity index (χ2v) is 8.07. The third kappa shape index (κ3) is 4.50. The van der Waals surface area contributed by atoms with Crippen molar-refractivity contribution < 1.29 is 9.59 Å². The number of fused-ring (bicyclic) bond motifs is 1. The standard InChI is InChI=1S/C21H30N4O2/c26-20(14-19-21(27)23-18-9-5-4-8-17(18)22-19)25-12-10-24(11-13-25)15-16-6-2-1-3-7-16/h1-3,6-7,17-19,22H,4-5,8-15H2,(H,23,27)/t17-,18-,19+/m1/s1. The Morgan fingerprint density at radius 3 is 2.44 bits per heavy atom. The molecular weight excluding hydrogens is 340 g/mol. The Hall–Kier alpha value is -1.92. The Morgan fingerprint density at radius 1 is 1.00 bits per heavy atom. The second-order valence-electron chi connectivity index (χ2n) is 8.07. The molecule has 0 unspecified atom stereocenters. The molecule has 27 heavy (non-hydrogen) atoms. The van der Waals surface area contributed by atoms with E-state index in [0.29, 0.717) is 6.04 Å². The molecule has 0 bridgehead atoms. The van der Waals surface area contributed by atoms with Crippen molar-refractivity contribution in [1.29, 1.82) is 0 Å². The number of piperazine rings is 2. The molecular formula is C21H30N4O2. The van der Waals surface area contributed by atoms with Crippen molar-refractivity contribution in [3.8, 4) is 0 Å². The molecule has 0 spiro atoms. The zero-order chi connectivity index (χ0) is 18.6. The maximum Gasteiger partial charge on any atom is 0.237 e. The Morgan fingerprint density at radius 2 is 1.70 bits per heavy atom. The number of nitrogens with zero attached hydrogens (tertiary/aromatic N) is 2. The Kier molecular flexibility index (Phi) is 5.74. The first-order valence-corrected chi connectivity index (χ1v) is 10.3. The fraction of sp³-hybridized carbons (Fsp3) is 0.619. The zero-order valence-electron chi connectivity index (χ0n) is 15.9. The summed E-state index contributed by atoms with van der Waals surface area (Å²) in [6.07, 6.45) is 4.79. The molecule has 4 rings (SSSR count). The first-order chi connectivity index (χ1) is 13.2. The van der Waals surface area contributed by atoms with E-state index in [0.717, 1.165) is 45.6 Å². The molecule has 1 aromatic carbocycles. The van der Waals surface area contributed by atoms with Crippen LogP contribution in [-0.4, -0.2) is 65.9 Å². The van der Waals surface area contributed by atoms with Crippen molar-refractivity contribution in [2.45, 2.75) is 56.8 Å². The van der Waals surface area contributed by atoms with Crippen LogP contribution in [0.3, 0.4) is 0 Å². The summed E-state index contributed by atoms with van der Waals surface area (Å²) in [5.74, 6) is 0.0884. The fourth-order valence-corrected chi connectivity index (χ4v) is 4.57. The van der Waals surface area contributed by atoms with Crippen LogP contribution in [0.5, 0.6) is 0 Å². The van der Waals surface area contributed by atoms with Crippen LogP contribution < -0.4 is 10.6 Å². The highest BCUT2D eigenvalue weighted by atomic mass is 16.2. The van der Waals surface area contributed by atoms with Crippen molar-refractivity contribution in [2.24, 2.45) is 0 Å². The zero-order valence-corrected chi connectivity index (χ0v) is 15.9. The molecule has 1 saturated carbocycles. The number of amides is 2. The summed E-state index contributed by atoms with van der Waals surface area (Å²) in [6, 6.07) is 10.6. The van der Waals surface area contributed by atoms with Crippen LogP contribution in [0.1, 0.15) is 37.7 Å². The van der Waals surface area contributed by atoms with Gasteiger partial charge in [-0.1, -0.05) is 43.2 Å². The van der Waals surface area contributed by atoms with Gasteiger partial charge >= 0.3 is 0 Å². The van der Waals surface area contributed by atoms with E-state index in [-0.39, 0.29) is 30.3 Å². The molecule has 2 saturated heterocycles. The van der Waals surface area contributed by atoms with Crippen molar-refractivity contribution in [3.63, 3.8) is 0 Å². The van der Waals surface area contributed by atoms with Crippen LogP contribution in [0.15, 0.2) is 30.3 Å². The summed E-state index contributed by atoms with van der Waals surface area (Å²) in [6.45, 7) is 4.18. The average molecular weight is 370 g/mol. The summed E-state index contributed by atoms with van der Waals surface area (Å²) in [4.78, 5) is 29.4. The Balaban J connectivity index is 1.25. The molecule has 2 N–H and O–H groups in total. The van der Waals surface area contributed by atoms with E-state index in [1.54, 1.807) is 0 Å². The quantitative estimate of drug-likeness (QED) is 0.834. The van der Waals surface area contributed by atoms with Gasteiger partial charge in [0.05, 0.1) is 12.5 Å². The van der Waals surface area contributed by atoms with E-state index in [9.17, 15) is 9.59 Å². The normalized spacial score (nSPS) is 29.1. The van der Waals surface area contributed by atoms with E-state index in [1.807, 2.05) is 11.0 Å². The summed E-state index contributed by atoms with van der Waals surface area (Å²) in [7, 11) is 0. The van der Waals surface area contributed by atoms with Crippen molar-refractivity contribution >= 4 is 11.8 Å². The molecule has 2 amide bonds. The van der Waals surface area contributed by atoms with Crippen LogP contribution >= 0.6 is 0 Å². The molecule has 6 nitrogen and oxygen atoms in total. The first-order valence-electron chi connectivity index (χ1n) is 10.3. The lowest BCUT2D eigenvalue weighted by molar-refractivity contribution is -0.137. The van der Waals surface area contributed by atoms with E-state index >= 15 is 0 Å².